The molecule has 1 aliphatic heterocycles. The van der Waals surface area contributed by atoms with Crippen molar-refractivity contribution < 1.29 is 8.78 Å². The maximum absolute atomic E-state index is 13.6. The molecular formula is C14H20F2N2. The van der Waals surface area contributed by atoms with Gasteiger partial charge in [-0.3, -0.25) is 4.90 Å². The molecule has 2 nitrogen and oxygen atoms in total. The van der Waals surface area contributed by atoms with Crippen LogP contribution in [0.2, 0.25) is 0 Å². The summed E-state index contributed by atoms with van der Waals surface area (Å²) in [5.74, 6) is -1.47. The van der Waals surface area contributed by atoms with Crippen molar-refractivity contribution in [2.45, 2.75) is 19.9 Å². The van der Waals surface area contributed by atoms with Gasteiger partial charge in [-0.2, -0.15) is 0 Å². The van der Waals surface area contributed by atoms with Gasteiger partial charge in [-0.15, -0.1) is 0 Å². The second-order valence-corrected chi connectivity index (χ2v) is 5.51. The first-order valence-corrected chi connectivity index (χ1v) is 6.34. The van der Waals surface area contributed by atoms with Crippen LogP contribution in [-0.2, 0) is 6.54 Å². The lowest BCUT2D eigenvalue weighted by Gasteiger charge is -2.24. The molecule has 18 heavy (non-hydrogen) atoms. The number of rotatable bonds is 4. The topological polar surface area (TPSA) is 15.3 Å². The average molecular weight is 254 g/mol. The van der Waals surface area contributed by atoms with Gasteiger partial charge in [0.25, 0.3) is 0 Å². The van der Waals surface area contributed by atoms with Crippen LogP contribution < -0.4 is 5.32 Å². The second-order valence-electron chi connectivity index (χ2n) is 5.51. The van der Waals surface area contributed by atoms with Crippen molar-refractivity contribution in [2.75, 3.05) is 26.7 Å². The largest absolute Gasteiger partial charge is 0.319 e. The fourth-order valence-corrected chi connectivity index (χ4v) is 2.74. The molecule has 1 aliphatic rings. The van der Waals surface area contributed by atoms with Gasteiger partial charge >= 0.3 is 0 Å². The fourth-order valence-electron chi connectivity index (χ4n) is 2.74. The van der Waals surface area contributed by atoms with Crippen molar-refractivity contribution >= 4 is 0 Å². The lowest BCUT2D eigenvalue weighted by Crippen LogP contribution is -2.33. The van der Waals surface area contributed by atoms with E-state index >= 15 is 0 Å². The molecule has 1 fully saturated rings. The van der Waals surface area contributed by atoms with Gasteiger partial charge in [0.2, 0.25) is 0 Å². The van der Waals surface area contributed by atoms with Crippen LogP contribution in [0.5, 0.6) is 0 Å². The molecule has 1 N–H and O–H groups in total. The summed E-state index contributed by atoms with van der Waals surface area (Å²) in [4.78, 5) is 2.19. The summed E-state index contributed by atoms with van der Waals surface area (Å²) < 4.78 is 26.7. The van der Waals surface area contributed by atoms with Crippen LogP contribution in [0.1, 0.15) is 18.9 Å². The Hall–Kier alpha value is -1.00. The van der Waals surface area contributed by atoms with E-state index in [2.05, 4.69) is 17.1 Å². The molecular weight excluding hydrogens is 234 g/mol. The first kappa shape index (κ1) is 13.4. The van der Waals surface area contributed by atoms with Crippen molar-refractivity contribution in [2.24, 2.45) is 5.41 Å². The number of hydrogen-bond donors (Lipinski definition) is 1. The average Bonchev–Trinajstić information content (AvgIpc) is 2.67. The summed E-state index contributed by atoms with van der Waals surface area (Å²) in [5, 5.41) is 3.19. The molecule has 1 saturated heterocycles. The Balaban J connectivity index is 2.01. The Bertz CT molecular complexity index is 422. The highest BCUT2D eigenvalue weighted by Gasteiger charge is 2.33. The van der Waals surface area contributed by atoms with E-state index in [0.717, 1.165) is 32.1 Å². The summed E-state index contributed by atoms with van der Waals surface area (Å²) in [6.07, 6.45) is 1.09. The van der Waals surface area contributed by atoms with Crippen molar-refractivity contribution in [1.29, 1.82) is 0 Å². The molecule has 0 aromatic heterocycles. The number of halogens is 2. The van der Waals surface area contributed by atoms with E-state index in [4.69, 9.17) is 0 Å². The van der Waals surface area contributed by atoms with Crippen LogP contribution in [0.15, 0.2) is 18.2 Å². The lowest BCUT2D eigenvalue weighted by molar-refractivity contribution is 0.262. The van der Waals surface area contributed by atoms with Crippen LogP contribution in [0.4, 0.5) is 8.78 Å². The van der Waals surface area contributed by atoms with Crippen LogP contribution in [-0.4, -0.2) is 31.6 Å². The number of nitrogens with zero attached hydrogens (tertiary/aromatic N) is 1. The van der Waals surface area contributed by atoms with E-state index in [9.17, 15) is 8.78 Å². The van der Waals surface area contributed by atoms with Crippen LogP contribution in [0.3, 0.4) is 0 Å². The molecule has 1 heterocycles. The Labute approximate surface area is 107 Å². The minimum atomic E-state index is -0.760. The molecule has 1 atom stereocenters. The van der Waals surface area contributed by atoms with E-state index in [1.54, 1.807) is 12.1 Å². The third-order valence-corrected chi connectivity index (χ3v) is 3.67. The van der Waals surface area contributed by atoms with Gasteiger partial charge in [-0.25, -0.2) is 8.78 Å². The van der Waals surface area contributed by atoms with Crippen molar-refractivity contribution in [1.82, 2.24) is 10.2 Å². The summed E-state index contributed by atoms with van der Waals surface area (Å²) in [5.41, 5.74) is 0.683. The van der Waals surface area contributed by atoms with Crippen LogP contribution in [0, 0.1) is 17.0 Å². The molecule has 100 valence electrons. The van der Waals surface area contributed by atoms with E-state index < -0.39 is 11.6 Å². The van der Waals surface area contributed by atoms with E-state index in [-0.39, 0.29) is 5.41 Å². The maximum atomic E-state index is 13.6. The van der Waals surface area contributed by atoms with Crippen molar-refractivity contribution in [3.63, 3.8) is 0 Å². The standard InChI is InChI=1S/C14H20F2N2/c1-14(9-17-2)6-7-18(10-14)8-11-4-3-5-12(15)13(11)16/h3-5,17H,6-10H2,1-2H3. The predicted octanol–water partition coefficient (Wildman–Crippen LogP) is 2.40. The molecule has 0 spiro atoms. The van der Waals surface area contributed by atoms with Crippen LogP contribution in [0.25, 0.3) is 0 Å². The lowest BCUT2D eigenvalue weighted by atomic mass is 9.90. The maximum Gasteiger partial charge on any atom is 0.163 e. The first-order valence-electron chi connectivity index (χ1n) is 6.34. The number of nitrogens with one attached hydrogen (secondary N) is 1. The van der Waals surface area contributed by atoms with Crippen molar-refractivity contribution in [3.05, 3.63) is 35.4 Å². The van der Waals surface area contributed by atoms with Gasteiger partial charge in [-0.1, -0.05) is 19.1 Å². The Morgan fingerprint density at radius 2 is 2.17 bits per heavy atom. The van der Waals surface area contributed by atoms with Gasteiger partial charge in [0.1, 0.15) is 0 Å². The first-order chi connectivity index (χ1) is 8.54. The molecule has 0 saturated carbocycles. The minimum absolute atomic E-state index is 0.235. The normalized spacial score (nSPS) is 24.7. The quantitative estimate of drug-likeness (QED) is 0.887. The van der Waals surface area contributed by atoms with E-state index in [1.807, 2.05) is 7.05 Å². The molecule has 4 heteroatoms. The fraction of sp³-hybridized carbons (Fsp3) is 0.571. The number of hydrogen-bond acceptors (Lipinski definition) is 2. The number of benzene rings is 1. The molecule has 0 bridgehead atoms. The zero-order chi connectivity index (χ0) is 13.2. The molecule has 1 aromatic rings. The van der Waals surface area contributed by atoms with E-state index in [1.165, 1.54) is 0 Å². The third kappa shape index (κ3) is 2.87. The minimum Gasteiger partial charge on any atom is -0.319 e. The monoisotopic (exact) mass is 254 g/mol. The van der Waals surface area contributed by atoms with Gasteiger partial charge in [-0.05, 0) is 31.5 Å². The summed E-state index contributed by atoms with van der Waals surface area (Å²) in [6, 6.07) is 4.39. The summed E-state index contributed by atoms with van der Waals surface area (Å²) in [6.45, 7) is 5.53. The van der Waals surface area contributed by atoms with Crippen molar-refractivity contribution in [3.8, 4) is 0 Å². The SMILES string of the molecule is CNCC1(C)CCN(Cc2cccc(F)c2F)C1. The molecule has 0 radical (unpaired) electrons. The zero-order valence-corrected chi connectivity index (χ0v) is 11.0. The van der Waals surface area contributed by atoms with Gasteiger partial charge < -0.3 is 5.32 Å². The molecule has 0 amide bonds. The van der Waals surface area contributed by atoms with Gasteiger partial charge in [0.15, 0.2) is 11.6 Å². The third-order valence-electron chi connectivity index (χ3n) is 3.67. The molecule has 2 rings (SSSR count). The van der Waals surface area contributed by atoms with E-state index in [0.29, 0.717) is 12.1 Å². The highest BCUT2D eigenvalue weighted by Crippen LogP contribution is 2.30. The number of likely N-dealkylation sites (tertiary alicyclic amines) is 1. The van der Waals surface area contributed by atoms with Gasteiger partial charge in [0, 0.05) is 25.2 Å². The van der Waals surface area contributed by atoms with Crippen LogP contribution >= 0.6 is 0 Å². The smallest absolute Gasteiger partial charge is 0.163 e. The molecule has 0 aliphatic carbocycles. The predicted molar refractivity (Wildman–Crippen MR) is 68.3 cm³/mol. The summed E-state index contributed by atoms with van der Waals surface area (Å²) >= 11 is 0. The molecule has 1 unspecified atom stereocenters. The summed E-state index contributed by atoms with van der Waals surface area (Å²) in [7, 11) is 1.94. The Morgan fingerprint density at radius 1 is 1.39 bits per heavy atom. The van der Waals surface area contributed by atoms with Gasteiger partial charge in [0.05, 0.1) is 0 Å². The Kier molecular flexibility index (Phi) is 3.97. The highest BCUT2D eigenvalue weighted by atomic mass is 19.2. The zero-order valence-electron chi connectivity index (χ0n) is 11.0. The Morgan fingerprint density at radius 3 is 2.89 bits per heavy atom. The highest BCUT2D eigenvalue weighted by molar-refractivity contribution is 5.19. The molecule has 1 aromatic carbocycles. The second kappa shape index (κ2) is 5.33.